The van der Waals surface area contributed by atoms with Crippen LogP contribution in [-0.4, -0.2) is 23.5 Å². The number of aromatic amines is 1. The molecule has 4 heteroatoms. The lowest BCUT2D eigenvalue weighted by Crippen LogP contribution is -2.36. The number of ether oxygens (including phenoxy) is 1. The molecule has 1 heterocycles. The van der Waals surface area contributed by atoms with E-state index in [-0.39, 0.29) is 18.6 Å². The van der Waals surface area contributed by atoms with E-state index in [1.54, 1.807) is 0 Å². The van der Waals surface area contributed by atoms with Gasteiger partial charge in [-0.2, -0.15) is 0 Å². The lowest BCUT2D eigenvalue weighted by Gasteiger charge is -2.14. The molecule has 0 saturated heterocycles. The molecule has 142 valence electrons. The van der Waals surface area contributed by atoms with Gasteiger partial charge in [0.05, 0.1) is 5.52 Å². The van der Waals surface area contributed by atoms with Crippen LogP contribution in [0.5, 0.6) is 5.75 Å². The summed E-state index contributed by atoms with van der Waals surface area (Å²) in [5, 5.41) is 5.35. The smallest absolute Gasteiger partial charge is 0.258 e. The predicted molar refractivity (Wildman–Crippen MR) is 114 cm³/mol. The zero-order chi connectivity index (χ0) is 19.3. The maximum Gasteiger partial charge on any atom is 0.258 e. The van der Waals surface area contributed by atoms with Crippen LogP contribution in [0, 0.1) is 0 Å². The summed E-state index contributed by atoms with van der Waals surface area (Å²) in [6, 6.07) is 24.5. The number of carbonyl (C=O) groups excluding carboxylic acids is 1. The molecular weight excluding hydrogens is 348 g/mol. The number of hydrogen-bond donors (Lipinski definition) is 2. The van der Waals surface area contributed by atoms with E-state index in [0.717, 1.165) is 29.3 Å². The number of aryl methyl sites for hydroxylation is 1. The molecule has 4 aromatic rings. The van der Waals surface area contributed by atoms with Crippen LogP contribution >= 0.6 is 0 Å². The molecule has 0 aliphatic rings. The van der Waals surface area contributed by atoms with E-state index in [0.29, 0.717) is 5.75 Å². The Labute approximate surface area is 164 Å². The van der Waals surface area contributed by atoms with Crippen LogP contribution in [0.25, 0.3) is 21.8 Å². The Bertz CT molecular complexity index is 1090. The third kappa shape index (κ3) is 4.17. The molecule has 0 bridgehead atoms. The van der Waals surface area contributed by atoms with Crippen molar-refractivity contribution in [1.82, 2.24) is 10.3 Å². The average molecular weight is 372 g/mol. The van der Waals surface area contributed by atoms with Crippen LogP contribution in [0.1, 0.15) is 18.9 Å². The second kappa shape index (κ2) is 8.17. The van der Waals surface area contributed by atoms with Crippen molar-refractivity contribution in [2.75, 3.05) is 6.61 Å². The molecule has 1 atom stereocenters. The zero-order valence-electron chi connectivity index (χ0n) is 15.9. The highest BCUT2D eigenvalue weighted by Gasteiger charge is 2.10. The van der Waals surface area contributed by atoms with Gasteiger partial charge in [0.1, 0.15) is 5.75 Å². The first-order chi connectivity index (χ1) is 13.7. The Kier molecular flexibility index (Phi) is 5.29. The SMILES string of the molecule is C[C@@H](CCc1ccccc1)NC(=O)COc1ccc2c(c1)[nH]c1ccccc12. The van der Waals surface area contributed by atoms with Gasteiger partial charge in [-0.05, 0) is 43.5 Å². The lowest BCUT2D eigenvalue weighted by molar-refractivity contribution is -0.123. The molecule has 28 heavy (non-hydrogen) atoms. The molecule has 0 saturated carbocycles. The number of amides is 1. The Morgan fingerprint density at radius 3 is 2.57 bits per heavy atom. The third-order valence-corrected chi connectivity index (χ3v) is 4.96. The van der Waals surface area contributed by atoms with Gasteiger partial charge in [-0.25, -0.2) is 0 Å². The molecule has 1 amide bonds. The quantitative estimate of drug-likeness (QED) is 0.488. The van der Waals surface area contributed by atoms with Gasteiger partial charge in [-0.15, -0.1) is 0 Å². The van der Waals surface area contributed by atoms with E-state index in [4.69, 9.17) is 4.74 Å². The van der Waals surface area contributed by atoms with E-state index in [1.165, 1.54) is 10.9 Å². The van der Waals surface area contributed by atoms with Crippen LogP contribution in [0.15, 0.2) is 72.8 Å². The fourth-order valence-electron chi connectivity index (χ4n) is 3.49. The van der Waals surface area contributed by atoms with Gasteiger partial charge in [0, 0.05) is 28.4 Å². The van der Waals surface area contributed by atoms with Gasteiger partial charge in [0.2, 0.25) is 0 Å². The standard InChI is InChI=1S/C24H24N2O2/c1-17(11-12-18-7-3-2-4-8-18)25-24(27)16-28-19-13-14-21-20-9-5-6-10-22(20)26-23(21)15-19/h2-10,13-15,17,26H,11-12,16H2,1H3,(H,25,27)/t17-/m0/s1. The Hall–Kier alpha value is -3.27. The van der Waals surface area contributed by atoms with Gasteiger partial charge >= 0.3 is 0 Å². The molecule has 0 spiro atoms. The van der Waals surface area contributed by atoms with E-state index >= 15 is 0 Å². The van der Waals surface area contributed by atoms with Crippen LogP contribution in [-0.2, 0) is 11.2 Å². The van der Waals surface area contributed by atoms with Crippen molar-refractivity contribution in [1.29, 1.82) is 0 Å². The molecule has 4 nitrogen and oxygen atoms in total. The molecule has 0 aliphatic heterocycles. The number of aromatic nitrogens is 1. The van der Waals surface area contributed by atoms with Gasteiger partial charge in [-0.1, -0.05) is 48.5 Å². The molecule has 2 N–H and O–H groups in total. The fourth-order valence-corrected chi connectivity index (χ4v) is 3.49. The summed E-state index contributed by atoms with van der Waals surface area (Å²) >= 11 is 0. The monoisotopic (exact) mass is 372 g/mol. The van der Waals surface area contributed by atoms with Gasteiger partial charge in [0.15, 0.2) is 6.61 Å². The number of H-pyrrole nitrogens is 1. The minimum atomic E-state index is -0.0997. The van der Waals surface area contributed by atoms with E-state index < -0.39 is 0 Å². The zero-order valence-corrected chi connectivity index (χ0v) is 15.9. The van der Waals surface area contributed by atoms with Crippen LogP contribution in [0.2, 0.25) is 0 Å². The van der Waals surface area contributed by atoms with Crippen molar-refractivity contribution in [2.24, 2.45) is 0 Å². The highest BCUT2D eigenvalue weighted by atomic mass is 16.5. The number of rotatable bonds is 7. The number of carbonyl (C=O) groups is 1. The Morgan fingerprint density at radius 2 is 1.71 bits per heavy atom. The lowest BCUT2D eigenvalue weighted by atomic mass is 10.1. The van der Waals surface area contributed by atoms with Gasteiger partial charge in [-0.3, -0.25) is 4.79 Å². The molecule has 0 fully saturated rings. The van der Waals surface area contributed by atoms with Crippen molar-refractivity contribution in [2.45, 2.75) is 25.8 Å². The molecular formula is C24H24N2O2. The number of para-hydroxylation sites is 1. The largest absolute Gasteiger partial charge is 0.484 e. The molecule has 4 rings (SSSR count). The summed E-state index contributed by atoms with van der Waals surface area (Å²) in [5.41, 5.74) is 3.39. The average Bonchev–Trinajstić information content (AvgIpc) is 3.09. The first-order valence-electron chi connectivity index (χ1n) is 9.65. The summed E-state index contributed by atoms with van der Waals surface area (Å²) < 4.78 is 5.70. The van der Waals surface area contributed by atoms with Crippen LogP contribution in [0.3, 0.4) is 0 Å². The van der Waals surface area contributed by atoms with E-state index in [9.17, 15) is 4.79 Å². The maximum atomic E-state index is 12.2. The molecule has 3 aromatic carbocycles. The van der Waals surface area contributed by atoms with Gasteiger partial charge in [0.25, 0.3) is 5.91 Å². The topological polar surface area (TPSA) is 54.1 Å². The predicted octanol–water partition coefficient (Wildman–Crippen LogP) is 4.84. The van der Waals surface area contributed by atoms with Crippen molar-refractivity contribution in [3.8, 4) is 5.75 Å². The summed E-state index contributed by atoms with van der Waals surface area (Å²) in [4.78, 5) is 15.6. The van der Waals surface area contributed by atoms with Crippen molar-refractivity contribution in [3.63, 3.8) is 0 Å². The van der Waals surface area contributed by atoms with Crippen molar-refractivity contribution < 1.29 is 9.53 Å². The van der Waals surface area contributed by atoms with Crippen LogP contribution < -0.4 is 10.1 Å². The number of fused-ring (bicyclic) bond motifs is 3. The molecule has 0 unspecified atom stereocenters. The molecule has 1 aromatic heterocycles. The first kappa shape index (κ1) is 18.1. The summed E-state index contributed by atoms with van der Waals surface area (Å²) in [6.07, 6.45) is 1.84. The molecule has 0 radical (unpaired) electrons. The maximum absolute atomic E-state index is 12.2. The number of hydrogen-bond acceptors (Lipinski definition) is 2. The van der Waals surface area contributed by atoms with E-state index in [2.05, 4.69) is 34.6 Å². The van der Waals surface area contributed by atoms with Crippen LogP contribution in [0.4, 0.5) is 0 Å². The normalized spacial score (nSPS) is 12.2. The minimum Gasteiger partial charge on any atom is -0.484 e. The number of benzene rings is 3. The minimum absolute atomic E-state index is 0.0153. The Balaban J connectivity index is 1.31. The second-order valence-corrected chi connectivity index (χ2v) is 7.16. The summed E-state index contributed by atoms with van der Waals surface area (Å²) in [6.45, 7) is 2.04. The summed E-state index contributed by atoms with van der Waals surface area (Å²) in [5.74, 6) is 0.587. The first-order valence-corrected chi connectivity index (χ1v) is 9.65. The third-order valence-electron chi connectivity index (χ3n) is 4.96. The summed E-state index contributed by atoms with van der Waals surface area (Å²) in [7, 11) is 0. The Morgan fingerprint density at radius 1 is 0.964 bits per heavy atom. The fraction of sp³-hybridized carbons (Fsp3) is 0.208. The van der Waals surface area contributed by atoms with Crippen molar-refractivity contribution in [3.05, 3.63) is 78.4 Å². The second-order valence-electron chi connectivity index (χ2n) is 7.16. The van der Waals surface area contributed by atoms with Crippen molar-refractivity contribution >= 4 is 27.7 Å². The highest BCUT2D eigenvalue weighted by molar-refractivity contribution is 6.07. The number of nitrogens with one attached hydrogen (secondary N) is 2. The van der Waals surface area contributed by atoms with Gasteiger partial charge < -0.3 is 15.0 Å². The highest BCUT2D eigenvalue weighted by Crippen LogP contribution is 2.28. The van der Waals surface area contributed by atoms with E-state index in [1.807, 2.05) is 55.5 Å². The molecule has 0 aliphatic carbocycles.